The predicted molar refractivity (Wildman–Crippen MR) is 68.3 cm³/mol. The number of amides is 1. The van der Waals surface area contributed by atoms with Gasteiger partial charge in [-0.05, 0) is 0 Å². The van der Waals surface area contributed by atoms with E-state index in [0.717, 1.165) is 0 Å². The predicted octanol–water partition coefficient (Wildman–Crippen LogP) is 0.841. The van der Waals surface area contributed by atoms with Gasteiger partial charge in [0, 0.05) is 31.4 Å². The van der Waals surface area contributed by atoms with Gasteiger partial charge in [0.05, 0.1) is 0 Å². The number of rotatable bonds is 8. The molecule has 2 N–H and O–H groups in total. The number of terminal acetylenes is 1. The maximum absolute atomic E-state index is 11.5. The molecule has 0 aliphatic carbocycles. The first-order chi connectivity index (χ1) is 8.53. The fraction of sp³-hybridized carbons (Fsp3) is 0.636. The average molecular weight is 269 g/mol. The van der Waals surface area contributed by atoms with Crippen LogP contribution < -0.4 is 5.32 Å². The Morgan fingerprint density at radius 3 is 2.56 bits per heavy atom. The van der Waals surface area contributed by atoms with Crippen LogP contribution in [0.15, 0.2) is 10.2 Å². The summed E-state index contributed by atoms with van der Waals surface area (Å²) in [7, 11) is 0. The van der Waals surface area contributed by atoms with E-state index in [1.165, 1.54) is 0 Å². The highest BCUT2D eigenvalue weighted by Gasteiger charge is 2.39. The molecule has 1 aliphatic heterocycles. The summed E-state index contributed by atoms with van der Waals surface area (Å²) in [6.07, 6.45) is 6.97. The summed E-state index contributed by atoms with van der Waals surface area (Å²) in [6.45, 7) is 0. The van der Waals surface area contributed by atoms with Gasteiger partial charge in [-0.1, -0.05) is 0 Å². The van der Waals surface area contributed by atoms with Crippen LogP contribution in [-0.4, -0.2) is 34.4 Å². The molecule has 7 heteroatoms. The van der Waals surface area contributed by atoms with Gasteiger partial charge < -0.3 is 10.4 Å². The molecule has 98 valence electrons. The molecule has 1 amide bonds. The highest BCUT2D eigenvalue weighted by atomic mass is 32.1. The molecule has 6 nitrogen and oxygen atoms in total. The zero-order valence-corrected chi connectivity index (χ0v) is 10.7. The number of carboxylic acid groups (broad SMARTS) is 1. The molecular weight excluding hydrogens is 254 g/mol. The van der Waals surface area contributed by atoms with Gasteiger partial charge in [0.15, 0.2) is 5.66 Å². The molecule has 0 saturated heterocycles. The van der Waals surface area contributed by atoms with Crippen molar-refractivity contribution in [2.75, 3.05) is 5.75 Å². The lowest BCUT2D eigenvalue weighted by Crippen LogP contribution is -2.42. The van der Waals surface area contributed by atoms with Gasteiger partial charge in [0.25, 0.3) is 0 Å². The van der Waals surface area contributed by atoms with E-state index in [4.69, 9.17) is 11.5 Å². The highest BCUT2D eigenvalue weighted by Crippen LogP contribution is 2.37. The normalized spacial score (nSPS) is 16.7. The van der Waals surface area contributed by atoms with Gasteiger partial charge in [0.1, 0.15) is 6.04 Å². The molecule has 0 saturated carbocycles. The van der Waals surface area contributed by atoms with Crippen LogP contribution in [0.1, 0.15) is 25.7 Å². The van der Waals surface area contributed by atoms with Crippen LogP contribution in [0.4, 0.5) is 0 Å². The number of carboxylic acids is 1. The number of hydrogen-bond donors (Lipinski definition) is 3. The minimum absolute atomic E-state index is 0.0536. The van der Waals surface area contributed by atoms with Crippen LogP contribution in [0, 0.1) is 12.3 Å². The lowest BCUT2D eigenvalue weighted by molar-refractivity contribution is -0.141. The SMILES string of the molecule is C#CCCC1(CCC(=O)N[C@@H](CS)C(=O)O)N=N1. The number of nitrogens with zero attached hydrogens (tertiary/aromatic N) is 2. The Bertz CT molecular complexity index is 397. The largest absolute Gasteiger partial charge is 0.480 e. The van der Waals surface area contributed by atoms with Crippen molar-refractivity contribution in [1.82, 2.24) is 5.32 Å². The van der Waals surface area contributed by atoms with Crippen LogP contribution in [0.2, 0.25) is 0 Å². The summed E-state index contributed by atoms with van der Waals surface area (Å²) >= 11 is 3.86. The molecule has 1 atom stereocenters. The van der Waals surface area contributed by atoms with Gasteiger partial charge in [0.2, 0.25) is 5.91 Å². The third-order valence-electron chi connectivity index (χ3n) is 2.62. The highest BCUT2D eigenvalue weighted by molar-refractivity contribution is 7.80. The monoisotopic (exact) mass is 269 g/mol. The molecule has 0 unspecified atom stereocenters. The third-order valence-corrected chi connectivity index (χ3v) is 2.99. The Kier molecular flexibility index (Phi) is 5.16. The number of nitrogens with one attached hydrogen (secondary N) is 1. The summed E-state index contributed by atoms with van der Waals surface area (Å²) in [4.78, 5) is 22.2. The van der Waals surface area contributed by atoms with Crippen molar-refractivity contribution in [2.45, 2.75) is 37.4 Å². The Morgan fingerprint density at radius 2 is 2.11 bits per heavy atom. The summed E-state index contributed by atoms with van der Waals surface area (Å²) in [6, 6.07) is -0.962. The quantitative estimate of drug-likeness (QED) is 0.450. The molecule has 18 heavy (non-hydrogen) atoms. The molecule has 0 spiro atoms. The first-order valence-corrected chi connectivity index (χ1v) is 6.17. The van der Waals surface area contributed by atoms with Crippen LogP contribution in [0.3, 0.4) is 0 Å². The molecule has 0 radical (unpaired) electrons. The molecule has 0 bridgehead atoms. The number of carbonyl (C=O) groups excluding carboxylic acids is 1. The smallest absolute Gasteiger partial charge is 0.327 e. The first-order valence-electron chi connectivity index (χ1n) is 5.53. The van der Waals surface area contributed by atoms with Crippen molar-refractivity contribution < 1.29 is 14.7 Å². The summed E-state index contributed by atoms with van der Waals surface area (Å²) in [5.74, 6) is 1.12. The summed E-state index contributed by atoms with van der Waals surface area (Å²) < 4.78 is 0. The maximum atomic E-state index is 11.5. The lowest BCUT2D eigenvalue weighted by atomic mass is 10.0. The Morgan fingerprint density at radius 1 is 1.44 bits per heavy atom. The first kappa shape index (κ1) is 14.5. The third kappa shape index (κ3) is 4.37. The van der Waals surface area contributed by atoms with E-state index in [1.54, 1.807) is 0 Å². The standard InChI is InChI=1S/C11H15N3O3S/c1-2-3-5-11(13-14-11)6-4-9(15)12-8(7-18)10(16)17/h1,8,18H,3-7H2,(H,12,15)(H,16,17)/t8-/m0/s1. The molecule has 0 aromatic heterocycles. The van der Waals surface area contributed by atoms with Gasteiger partial charge in [-0.25, -0.2) is 4.79 Å². The van der Waals surface area contributed by atoms with Crippen molar-refractivity contribution in [3.05, 3.63) is 0 Å². The van der Waals surface area contributed by atoms with E-state index >= 15 is 0 Å². The molecule has 1 aliphatic rings. The number of thiol groups is 1. The van der Waals surface area contributed by atoms with Crippen molar-refractivity contribution in [2.24, 2.45) is 10.2 Å². The second-order valence-corrected chi connectivity index (χ2v) is 4.39. The minimum atomic E-state index is -1.10. The van der Waals surface area contributed by atoms with Gasteiger partial charge in [-0.3, -0.25) is 4.79 Å². The summed E-state index contributed by atoms with van der Waals surface area (Å²) in [5.41, 5.74) is -0.511. The molecule has 0 aromatic rings. The van der Waals surface area contributed by atoms with Crippen molar-refractivity contribution in [1.29, 1.82) is 0 Å². The van der Waals surface area contributed by atoms with Crippen LogP contribution >= 0.6 is 12.6 Å². The minimum Gasteiger partial charge on any atom is -0.480 e. The molecule has 0 aromatic carbocycles. The van der Waals surface area contributed by atoms with E-state index in [2.05, 4.69) is 34.1 Å². The van der Waals surface area contributed by atoms with Crippen LogP contribution in [0.25, 0.3) is 0 Å². The lowest BCUT2D eigenvalue weighted by Gasteiger charge is -2.13. The second-order valence-electron chi connectivity index (χ2n) is 4.03. The van der Waals surface area contributed by atoms with Crippen molar-refractivity contribution in [3.63, 3.8) is 0 Å². The Balaban J connectivity index is 2.29. The number of aliphatic carboxylic acids is 1. The van der Waals surface area contributed by atoms with Crippen molar-refractivity contribution >= 4 is 24.5 Å². The average Bonchev–Trinajstić information content (AvgIpc) is 3.11. The number of carbonyl (C=O) groups is 2. The van der Waals surface area contributed by atoms with E-state index < -0.39 is 17.7 Å². The topological polar surface area (TPSA) is 91.1 Å². The van der Waals surface area contributed by atoms with Crippen molar-refractivity contribution in [3.8, 4) is 12.3 Å². The second kappa shape index (κ2) is 6.40. The Hall–Kier alpha value is -1.55. The van der Waals surface area contributed by atoms with Gasteiger partial charge in [-0.15, -0.1) is 12.3 Å². The van der Waals surface area contributed by atoms with Gasteiger partial charge >= 0.3 is 5.97 Å². The fourth-order valence-electron chi connectivity index (χ4n) is 1.43. The Labute approximate surface area is 111 Å². The van der Waals surface area contributed by atoms with Crippen LogP contribution in [-0.2, 0) is 9.59 Å². The van der Waals surface area contributed by atoms with E-state index in [1.807, 2.05) is 0 Å². The van der Waals surface area contributed by atoms with E-state index in [-0.39, 0.29) is 18.1 Å². The fourth-order valence-corrected chi connectivity index (χ4v) is 1.68. The maximum Gasteiger partial charge on any atom is 0.327 e. The zero-order valence-electron chi connectivity index (χ0n) is 9.80. The molecule has 1 heterocycles. The summed E-state index contributed by atoms with van der Waals surface area (Å²) in [5, 5.41) is 18.9. The number of hydrogen-bond acceptors (Lipinski definition) is 5. The molecular formula is C11H15N3O3S. The molecule has 1 rings (SSSR count). The van der Waals surface area contributed by atoms with Gasteiger partial charge in [-0.2, -0.15) is 22.9 Å². The zero-order chi connectivity index (χ0) is 13.6. The van der Waals surface area contributed by atoms with Crippen LogP contribution in [0.5, 0.6) is 0 Å². The molecule has 0 fully saturated rings. The van der Waals surface area contributed by atoms with E-state index in [0.29, 0.717) is 19.3 Å². The van der Waals surface area contributed by atoms with E-state index in [9.17, 15) is 9.59 Å².